The van der Waals surface area contributed by atoms with Gasteiger partial charge in [-0.2, -0.15) is 0 Å². The fourth-order valence-corrected chi connectivity index (χ4v) is 4.13. The Morgan fingerprint density at radius 2 is 2.00 bits per heavy atom. The van der Waals surface area contributed by atoms with Gasteiger partial charge in [0, 0.05) is 18.6 Å². The third-order valence-corrected chi connectivity index (χ3v) is 4.62. The number of nitrogens with zero attached hydrogens (tertiary/aromatic N) is 1. The highest BCUT2D eigenvalue weighted by atomic mass is 15.3. The molecule has 0 aromatic rings. The standard InChI is InChI=1S/C11H19N/c1-7-3-4-10-9-5-8(2)12(6-9)11(7)10/h7-11H,3-6H2,1-2H3. The molecule has 1 nitrogen and oxygen atoms in total. The largest absolute Gasteiger partial charge is 0.297 e. The summed E-state index contributed by atoms with van der Waals surface area (Å²) in [6.07, 6.45) is 4.52. The Balaban J connectivity index is 1.90. The topological polar surface area (TPSA) is 3.24 Å². The van der Waals surface area contributed by atoms with Crippen LogP contribution in [-0.2, 0) is 0 Å². The molecule has 0 amide bonds. The first-order chi connectivity index (χ1) is 5.77. The maximum absolute atomic E-state index is 2.80. The van der Waals surface area contributed by atoms with E-state index in [0.717, 1.165) is 29.8 Å². The van der Waals surface area contributed by atoms with Crippen LogP contribution in [0.2, 0.25) is 0 Å². The van der Waals surface area contributed by atoms with Crippen molar-refractivity contribution >= 4 is 0 Å². The van der Waals surface area contributed by atoms with E-state index < -0.39 is 0 Å². The van der Waals surface area contributed by atoms with Crippen LogP contribution in [0.15, 0.2) is 0 Å². The summed E-state index contributed by atoms with van der Waals surface area (Å²) in [5.41, 5.74) is 0. The first-order valence-electron chi connectivity index (χ1n) is 5.53. The summed E-state index contributed by atoms with van der Waals surface area (Å²) >= 11 is 0. The third-order valence-electron chi connectivity index (χ3n) is 4.62. The van der Waals surface area contributed by atoms with Crippen molar-refractivity contribution < 1.29 is 0 Å². The summed E-state index contributed by atoms with van der Waals surface area (Å²) < 4.78 is 0. The molecule has 1 heteroatoms. The zero-order chi connectivity index (χ0) is 8.29. The molecule has 2 aliphatic heterocycles. The first kappa shape index (κ1) is 7.37. The molecule has 1 aliphatic carbocycles. The quantitative estimate of drug-likeness (QED) is 0.531. The van der Waals surface area contributed by atoms with E-state index in [1.807, 2.05) is 0 Å². The number of rotatable bonds is 0. The van der Waals surface area contributed by atoms with Gasteiger partial charge in [0.2, 0.25) is 0 Å². The molecule has 3 rings (SSSR count). The molecule has 68 valence electrons. The molecule has 0 spiro atoms. The fourth-order valence-electron chi connectivity index (χ4n) is 4.13. The van der Waals surface area contributed by atoms with Crippen molar-refractivity contribution in [2.75, 3.05) is 6.54 Å². The van der Waals surface area contributed by atoms with Crippen molar-refractivity contribution in [3.63, 3.8) is 0 Å². The molecular formula is C11H19N. The van der Waals surface area contributed by atoms with Gasteiger partial charge in [0.15, 0.2) is 0 Å². The maximum Gasteiger partial charge on any atom is 0.0155 e. The van der Waals surface area contributed by atoms with Gasteiger partial charge >= 0.3 is 0 Å². The molecule has 2 saturated heterocycles. The van der Waals surface area contributed by atoms with Gasteiger partial charge in [0.1, 0.15) is 0 Å². The molecule has 1 saturated carbocycles. The molecule has 3 aliphatic rings. The number of piperidine rings is 1. The van der Waals surface area contributed by atoms with E-state index in [-0.39, 0.29) is 0 Å². The smallest absolute Gasteiger partial charge is 0.0155 e. The molecule has 6 atom stereocenters. The average Bonchev–Trinajstić information content (AvgIpc) is 2.62. The van der Waals surface area contributed by atoms with Crippen molar-refractivity contribution in [3.05, 3.63) is 0 Å². The van der Waals surface area contributed by atoms with Crippen LogP contribution < -0.4 is 0 Å². The lowest BCUT2D eigenvalue weighted by molar-refractivity contribution is 0.140. The minimum absolute atomic E-state index is 0.900. The highest BCUT2D eigenvalue weighted by Gasteiger charge is 2.53. The third kappa shape index (κ3) is 0.736. The molecule has 0 aromatic heterocycles. The van der Waals surface area contributed by atoms with E-state index in [1.54, 1.807) is 0 Å². The van der Waals surface area contributed by atoms with Crippen molar-refractivity contribution in [2.24, 2.45) is 17.8 Å². The van der Waals surface area contributed by atoms with Crippen molar-refractivity contribution in [1.82, 2.24) is 4.90 Å². The summed E-state index contributed by atoms with van der Waals surface area (Å²) in [6.45, 7) is 6.31. The predicted octanol–water partition coefficient (Wildman–Crippen LogP) is 2.13. The van der Waals surface area contributed by atoms with Crippen LogP contribution in [0.4, 0.5) is 0 Å². The van der Waals surface area contributed by atoms with Crippen LogP contribution in [-0.4, -0.2) is 23.5 Å². The predicted molar refractivity (Wildman–Crippen MR) is 50.0 cm³/mol. The normalized spacial score (nSPS) is 62.5. The zero-order valence-electron chi connectivity index (χ0n) is 8.16. The summed E-state index contributed by atoms with van der Waals surface area (Å²) in [4.78, 5) is 2.80. The molecule has 0 radical (unpaired) electrons. The fraction of sp³-hybridized carbons (Fsp3) is 1.00. The SMILES string of the molecule is CC1CCC2C3CC(C)N(C3)C12. The van der Waals surface area contributed by atoms with Crippen LogP contribution in [0.25, 0.3) is 0 Å². The molecule has 0 aromatic carbocycles. The average molecular weight is 165 g/mol. The lowest BCUT2D eigenvalue weighted by Gasteiger charge is -2.34. The van der Waals surface area contributed by atoms with E-state index in [1.165, 1.54) is 25.8 Å². The Kier molecular flexibility index (Phi) is 1.39. The van der Waals surface area contributed by atoms with Crippen LogP contribution in [0, 0.1) is 17.8 Å². The summed E-state index contributed by atoms with van der Waals surface area (Å²) in [5.74, 6) is 3.16. The molecule has 2 heterocycles. The number of hydrogen-bond acceptors (Lipinski definition) is 1. The van der Waals surface area contributed by atoms with Gasteiger partial charge in [-0.1, -0.05) is 6.92 Å². The number of fused-ring (bicyclic) bond motifs is 5. The first-order valence-corrected chi connectivity index (χ1v) is 5.53. The molecule has 3 fully saturated rings. The van der Waals surface area contributed by atoms with Gasteiger partial charge in [-0.25, -0.2) is 0 Å². The van der Waals surface area contributed by atoms with Crippen LogP contribution in [0.1, 0.15) is 33.1 Å². The summed E-state index contributed by atoms with van der Waals surface area (Å²) in [5, 5.41) is 0. The molecule has 12 heavy (non-hydrogen) atoms. The summed E-state index contributed by atoms with van der Waals surface area (Å²) in [7, 11) is 0. The highest BCUT2D eigenvalue weighted by molar-refractivity contribution is 5.06. The van der Waals surface area contributed by atoms with Crippen molar-refractivity contribution in [3.8, 4) is 0 Å². The van der Waals surface area contributed by atoms with Gasteiger partial charge in [-0.05, 0) is 43.9 Å². The lowest BCUT2D eigenvalue weighted by atomic mass is 9.85. The second-order valence-electron chi connectivity index (χ2n) is 5.25. The minimum atomic E-state index is 0.900. The molecule has 0 N–H and O–H groups in total. The molecular weight excluding hydrogens is 146 g/mol. The highest BCUT2D eigenvalue weighted by Crippen LogP contribution is 2.51. The maximum atomic E-state index is 2.80. The number of hydrogen-bond donors (Lipinski definition) is 0. The van der Waals surface area contributed by atoms with Gasteiger partial charge < -0.3 is 0 Å². The van der Waals surface area contributed by atoms with E-state index >= 15 is 0 Å². The Morgan fingerprint density at radius 1 is 1.17 bits per heavy atom. The van der Waals surface area contributed by atoms with Gasteiger partial charge in [-0.3, -0.25) is 4.90 Å². The van der Waals surface area contributed by atoms with E-state index in [9.17, 15) is 0 Å². The van der Waals surface area contributed by atoms with E-state index in [4.69, 9.17) is 0 Å². The molecule has 6 unspecified atom stereocenters. The van der Waals surface area contributed by atoms with Gasteiger partial charge in [0.25, 0.3) is 0 Å². The van der Waals surface area contributed by atoms with Gasteiger partial charge in [0.05, 0.1) is 0 Å². The minimum Gasteiger partial charge on any atom is -0.297 e. The van der Waals surface area contributed by atoms with Gasteiger partial charge in [-0.15, -0.1) is 0 Å². The summed E-state index contributed by atoms with van der Waals surface area (Å²) in [6, 6.07) is 1.88. The van der Waals surface area contributed by atoms with Crippen LogP contribution >= 0.6 is 0 Å². The zero-order valence-corrected chi connectivity index (χ0v) is 8.16. The van der Waals surface area contributed by atoms with Crippen molar-refractivity contribution in [2.45, 2.75) is 45.2 Å². The monoisotopic (exact) mass is 165 g/mol. The van der Waals surface area contributed by atoms with E-state index in [0.29, 0.717) is 0 Å². The van der Waals surface area contributed by atoms with Crippen molar-refractivity contribution in [1.29, 1.82) is 0 Å². The molecule has 2 bridgehead atoms. The second kappa shape index (κ2) is 2.25. The van der Waals surface area contributed by atoms with Crippen LogP contribution in [0.3, 0.4) is 0 Å². The van der Waals surface area contributed by atoms with Crippen LogP contribution in [0.5, 0.6) is 0 Å². The Bertz CT molecular complexity index is 201. The lowest BCUT2D eigenvalue weighted by Crippen LogP contribution is -2.41. The Morgan fingerprint density at radius 3 is 2.83 bits per heavy atom. The Labute approximate surface area is 75.1 Å². The Hall–Kier alpha value is -0.0400. The second-order valence-corrected chi connectivity index (χ2v) is 5.25. The van der Waals surface area contributed by atoms with E-state index in [2.05, 4.69) is 18.7 Å².